The lowest BCUT2D eigenvalue weighted by Crippen LogP contribution is -1.94. The fourth-order valence-corrected chi connectivity index (χ4v) is 3.96. The Morgan fingerprint density at radius 1 is 1.04 bits per heavy atom. The van der Waals surface area contributed by atoms with E-state index in [9.17, 15) is 4.79 Å². The zero-order valence-electron chi connectivity index (χ0n) is 13.0. The smallest absolute Gasteiger partial charge is 0.231 e. The summed E-state index contributed by atoms with van der Waals surface area (Å²) in [5.41, 5.74) is 4.03. The van der Waals surface area contributed by atoms with Gasteiger partial charge in [0.2, 0.25) is 6.79 Å². The number of fused-ring (bicyclic) bond motifs is 2. The molecule has 3 heterocycles. The van der Waals surface area contributed by atoms with Crippen molar-refractivity contribution in [2.24, 2.45) is 0 Å². The van der Waals surface area contributed by atoms with Crippen LogP contribution in [-0.4, -0.2) is 22.5 Å². The van der Waals surface area contributed by atoms with Crippen LogP contribution in [0.2, 0.25) is 0 Å². The Labute approximate surface area is 147 Å². The van der Waals surface area contributed by atoms with Crippen LogP contribution in [0.5, 0.6) is 11.5 Å². The zero-order valence-corrected chi connectivity index (χ0v) is 13.8. The first-order chi connectivity index (χ1) is 12.3. The van der Waals surface area contributed by atoms with Gasteiger partial charge in [-0.2, -0.15) is 0 Å². The molecule has 0 spiro atoms. The van der Waals surface area contributed by atoms with E-state index in [0.29, 0.717) is 22.9 Å². The molecule has 0 aliphatic carbocycles. The number of hydrogen-bond donors (Lipinski definition) is 0. The molecule has 0 unspecified atom stereocenters. The van der Waals surface area contributed by atoms with E-state index < -0.39 is 0 Å². The maximum atomic E-state index is 11.9. The number of carbonyl (C=O) groups excluding carboxylic acids is 1. The predicted molar refractivity (Wildman–Crippen MR) is 95.5 cm³/mol. The predicted octanol–water partition coefficient (Wildman–Crippen LogP) is 4.27. The molecule has 5 rings (SSSR count). The van der Waals surface area contributed by atoms with Crippen LogP contribution >= 0.6 is 11.3 Å². The minimum absolute atomic E-state index is 0.218. The van der Waals surface area contributed by atoms with Crippen LogP contribution in [0.15, 0.2) is 53.9 Å². The highest BCUT2D eigenvalue weighted by atomic mass is 32.1. The van der Waals surface area contributed by atoms with Gasteiger partial charge in [-0.05, 0) is 23.8 Å². The molecule has 122 valence electrons. The molecule has 2 aromatic heterocycles. The van der Waals surface area contributed by atoms with Crippen LogP contribution in [-0.2, 0) is 0 Å². The van der Waals surface area contributed by atoms with Gasteiger partial charge in [0, 0.05) is 10.9 Å². The van der Waals surface area contributed by atoms with E-state index in [4.69, 9.17) is 9.47 Å². The lowest BCUT2D eigenvalue weighted by atomic mass is 10.1. The number of thiazole rings is 1. The molecule has 0 saturated heterocycles. The number of benzene rings is 2. The Morgan fingerprint density at radius 2 is 1.88 bits per heavy atom. The maximum absolute atomic E-state index is 11.9. The number of rotatable bonds is 3. The van der Waals surface area contributed by atoms with Gasteiger partial charge in [0.25, 0.3) is 0 Å². The molecule has 0 saturated carbocycles. The van der Waals surface area contributed by atoms with Crippen molar-refractivity contribution in [1.29, 1.82) is 0 Å². The van der Waals surface area contributed by atoms with Crippen molar-refractivity contribution in [3.8, 4) is 34.0 Å². The number of nitrogens with zero attached hydrogens (tertiary/aromatic N) is 2. The van der Waals surface area contributed by atoms with Gasteiger partial charge >= 0.3 is 0 Å². The number of hydrogen-bond acceptors (Lipinski definition) is 5. The fraction of sp³-hybridized carbons (Fsp3) is 0.0526. The standard InChI is InChI=1S/C19H12N2O3S/c22-9-14-18(13-6-7-16-17(8-13)24-11-23-16)20-19-21(14)15(10-25-19)12-4-2-1-3-5-12/h1-10H,11H2. The minimum Gasteiger partial charge on any atom is -0.454 e. The topological polar surface area (TPSA) is 52.8 Å². The van der Waals surface area contributed by atoms with E-state index >= 15 is 0 Å². The third-order valence-electron chi connectivity index (χ3n) is 4.23. The summed E-state index contributed by atoms with van der Waals surface area (Å²) in [7, 11) is 0. The summed E-state index contributed by atoms with van der Waals surface area (Å²) in [4.78, 5) is 17.3. The largest absolute Gasteiger partial charge is 0.454 e. The second-order valence-corrected chi connectivity index (χ2v) is 6.47. The van der Waals surface area contributed by atoms with Crippen molar-refractivity contribution in [3.63, 3.8) is 0 Å². The van der Waals surface area contributed by atoms with Gasteiger partial charge in [0.15, 0.2) is 22.7 Å². The molecule has 0 atom stereocenters. The van der Waals surface area contributed by atoms with Crippen LogP contribution in [0.4, 0.5) is 0 Å². The van der Waals surface area contributed by atoms with Gasteiger partial charge in [-0.1, -0.05) is 30.3 Å². The molecule has 0 bridgehead atoms. The summed E-state index contributed by atoms with van der Waals surface area (Å²) in [6.07, 6.45) is 0.860. The number of imidazole rings is 1. The molecule has 0 fully saturated rings. The van der Waals surface area contributed by atoms with Gasteiger partial charge in [-0.25, -0.2) is 4.98 Å². The quantitative estimate of drug-likeness (QED) is 0.519. The second-order valence-electron chi connectivity index (χ2n) is 5.64. The third-order valence-corrected chi connectivity index (χ3v) is 5.05. The molecule has 5 nitrogen and oxygen atoms in total. The first-order valence-corrected chi connectivity index (χ1v) is 8.63. The average Bonchev–Trinajstić information content (AvgIpc) is 3.36. The van der Waals surface area contributed by atoms with Crippen LogP contribution in [0, 0.1) is 0 Å². The Balaban J connectivity index is 1.73. The van der Waals surface area contributed by atoms with E-state index in [1.54, 1.807) is 0 Å². The van der Waals surface area contributed by atoms with Crippen LogP contribution in [0.1, 0.15) is 10.5 Å². The molecular formula is C19H12N2O3S. The normalized spacial score (nSPS) is 12.6. The monoisotopic (exact) mass is 348 g/mol. The highest BCUT2D eigenvalue weighted by molar-refractivity contribution is 7.15. The summed E-state index contributed by atoms with van der Waals surface area (Å²) in [6, 6.07) is 15.6. The van der Waals surface area contributed by atoms with Gasteiger partial charge in [0.1, 0.15) is 11.4 Å². The molecule has 1 aliphatic rings. The van der Waals surface area contributed by atoms with Gasteiger partial charge < -0.3 is 9.47 Å². The summed E-state index contributed by atoms with van der Waals surface area (Å²) in [6.45, 7) is 0.218. The summed E-state index contributed by atoms with van der Waals surface area (Å²) in [5, 5.41) is 2.02. The number of aromatic nitrogens is 2. The molecule has 6 heteroatoms. The lowest BCUT2D eigenvalue weighted by Gasteiger charge is -2.03. The van der Waals surface area contributed by atoms with E-state index in [0.717, 1.165) is 28.1 Å². The van der Waals surface area contributed by atoms with E-state index in [2.05, 4.69) is 4.98 Å². The van der Waals surface area contributed by atoms with E-state index in [1.807, 2.05) is 58.3 Å². The highest BCUT2D eigenvalue weighted by Gasteiger charge is 2.21. The molecule has 1 aliphatic heterocycles. The van der Waals surface area contributed by atoms with Gasteiger partial charge in [0.05, 0.1) is 5.69 Å². The van der Waals surface area contributed by atoms with Crippen LogP contribution < -0.4 is 9.47 Å². The zero-order chi connectivity index (χ0) is 16.8. The van der Waals surface area contributed by atoms with Crippen LogP contribution in [0.25, 0.3) is 27.5 Å². The Morgan fingerprint density at radius 3 is 2.72 bits per heavy atom. The van der Waals surface area contributed by atoms with Crippen molar-refractivity contribution in [1.82, 2.24) is 9.38 Å². The third kappa shape index (κ3) is 2.15. The summed E-state index contributed by atoms with van der Waals surface area (Å²) < 4.78 is 12.7. The first kappa shape index (κ1) is 14.2. The van der Waals surface area contributed by atoms with Crippen LogP contribution in [0.3, 0.4) is 0 Å². The Bertz CT molecular complexity index is 1100. The van der Waals surface area contributed by atoms with Crippen molar-refractivity contribution in [2.45, 2.75) is 0 Å². The summed E-state index contributed by atoms with van der Waals surface area (Å²) >= 11 is 1.52. The number of aldehydes is 1. The van der Waals surface area contributed by atoms with E-state index in [-0.39, 0.29) is 6.79 Å². The highest BCUT2D eigenvalue weighted by Crippen LogP contribution is 2.38. The lowest BCUT2D eigenvalue weighted by molar-refractivity contribution is 0.111. The molecular weight excluding hydrogens is 336 g/mol. The van der Waals surface area contributed by atoms with Crippen molar-refractivity contribution in [3.05, 3.63) is 59.6 Å². The molecule has 0 amide bonds. The van der Waals surface area contributed by atoms with Crippen molar-refractivity contribution >= 4 is 22.6 Å². The summed E-state index contributed by atoms with van der Waals surface area (Å²) in [5.74, 6) is 1.39. The second kappa shape index (κ2) is 5.46. The first-order valence-electron chi connectivity index (χ1n) is 7.76. The average molecular weight is 348 g/mol. The minimum atomic E-state index is 0.218. The number of carbonyl (C=O) groups is 1. The number of ether oxygens (including phenoxy) is 2. The molecule has 2 aromatic carbocycles. The van der Waals surface area contributed by atoms with E-state index in [1.165, 1.54) is 11.3 Å². The molecule has 0 N–H and O–H groups in total. The SMILES string of the molecule is O=Cc1c(-c2ccc3c(c2)OCO3)nc2scc(-c3ccccc3)n12. The molecule has 0 radical (unpaired) electrons. The molecule has 25 heavy (non-hydrogen) atoms. The Kier molecular flexibility index (Phi) is 3.11. The van der Waals surface area contributed by atoms with Crippen molar-refractivity contribution in [2.75, 3.05) is 6.79 Å². The molecule has 4 aromatic rings. The van der Waals surface area contributed by atoms with Crippen molar-refractivity contribution < 1.29 is 14.3 Å². The fourth-order valence-electron chi connectivity index (χ4n) is 3.06. The van der Waals surface area contributed by atoms with Gasteiger partial charge in [-0.15, -0.1) is 11.3 Å². The van der Waals surface area contributed by atoms with Gasteiger partial charge in [-0.3, -0.25) is 9.20 Å². The maximum Gasteiger partial charge on any atom is 0.231 e. The Hall–Kier alpha value is -3.12.